The number of benzene rings is 1. The molecule has 0 aliphatic rings. The van der Waals surface area contributed by atoms with Gasteiger partial charge in [-0.25, -0.2) is 0 Å². The zero-order valence-electron chi connectivity index (χ0n) is 9.37. The summed E-state index contributed by atoms with van der Waals surface area (Å²) in [5.41, 5.74) is -0.333. The van der Waals surface area contributed by atoms with E-state index < -0.39 is 11.7 Å². The van der Waals surface area contributed by atoms with Gasteiger partial charge in [-0.05, 0) is 24.7 Å². The maximum absolute atomic E-state index is 12.7. The number of likely N-dealkylation sites (N-methyl/N-ethyl adjacent to an activating group) is 1. The lowest BCUT2D eigenvalue weighted by molar-refractivity contribution is -0.138. The summed E-state index contributed by atoms with van der Waals surface area (Å²) in [6, 6.07) is 4.21. The van der Waals surface area contributed by atoms with Gasteiger partial charge in [0.15, 0.2) is 0 Å². The first-order valence-electron chi connectivity index (χ1n) is 5.16. The van der Waals surface area contributed by atoms with Crippen LogP contribution in [0, 0.1) is 0 Å². The topological polar surface area (TPSA) is 24.1 Å². The van der Waals surface area contributed by atoms with Gasteiger partial charge in [0.1, 0.15) is 0 Å². The number of hydrogen-bond acceptors (Lipinski definition) is 2. The van der Waals surface area contributed by atoms with Crippen molar-refractivity contribution in [3.05, 3.63) is 33.8 Å². The van der Waals surface area contributed by atoms with Gasteiger partial charge < -0.3 is 10.6 Å². The molecule has 17 heavy (non-hydrogen) atoms. The van der Waals surface area contributed by atoms with Gasteiger partial charge >= 0.3 is 6.18 Å². The molecule has 1 rings (SSSR count). The summed E-state index contributed by atoms with van der Waals surface area (Å²) in [5, 5.41) is 5.87. The minimum atomic E-state index is -4.32. The molecule has 1 aromatic rings. The van der Waals surface area contributed by atoms with Gasteiger partial charge in [-0.1, -0.05) is 22.0 Å². The fraction of sp³-hybridized carbons (Fsp3) is 0.455. The summed E-state index contributed by atoms with van der Waals surface area (Å²) in [7, 11) is 1.79. The van der Waals surface area contributed by atoms with Crippen LogP contribution in [0.4, 0.5) is 13.2 Å². The summed E-state index contributed by atoms with van der Waals surface area (Å²) in [6.45, 7) is 1.56. The molecule has 0 heterocycles. The molecule has 0 fully saturated rings. The average Bonchev–Trinajstić information content (AvgIpc) is 2.25. The molecule has 0 spiro atoms. The molecule has 0 aliphatic heterocycles. The second-order valence-electron chi connectivity index (χ2n) is 3.58. The van der Waals surface area contributed by atoms with E-state index >= 15 is 0 Å². The Balaban J connectivity index is 2.77. The molecule has 6 heteroatoms. The van der Waals surface area contributed by atoms with E-state index in [2.05, 4.69) is 26.6 Å². The average molecular weight is 311 g/mol. The molecule has 0 aliphatic carbocycles. The van der Waals surface area contributed by atoms with Crippen molar-refractivity contribution in [2.45, 2.75) is 12.7 Å². The highest BCUT2D eigenvalue weighted by molar-refractivity contribution is 9.10. The molecule has 2 nitrogen and oxygen atoms in total. The molecule has 0 amide bonds. The van der Waals surface area contributed by atoms with E-state index in [1.165, 1.54) is 6.07 Å². The van der Waals surface area contributed by atoms with Crippen LogP contribution in [0.5, 0.6) is 0 Å². The Hall–Kier alpha value is -0.590. The van der Waals surface area contributed by atoms with Crippen molar-refractivity contribution < 1.29 is 13.2 Å². The van der Waals surface area contributed by atoms with Gasteiger partial charge in [0.05, 0.1) is 5.56 Å². The molecule has 0 unspecified atom stereocenters. The Morgan fingerprint density at radius 3 is 2.53 bits per heavy atom. The summed E-state index contributed by atoms with van der Waals surface area (Å²) >= 11 is 3.05. The zero-order chi connectivity index (χ0) is 12.9. The van der Waals surface area contributed by atoms with E-state index in [9.17, 15) is 13.2 Å². The Kier molecular flexibility index (Phi) is 5.42. The highest BCUT2D eigenvalue weighted by Crippen LogP contribution is 2.33. The Bertz CT molecular complexity index is 366. The lowest BCUT2D eigenvalue weighted by Crippen LogP contribution is -2.25. The molecule has 0 bridgehead atoms. The third-order valence-electron chi connectivity index (χ3n) is 2.24. The van der Waals surface area contributed by atoms with E-state index in [4.69, 9.17) is 0 Å². The van der Waals surface area contributed by atoms with E-state index in [1.54, 1.807) is 13.1 Å². The van der Waals surface area contributed by atoms with Crippen molar-refractivity contribution in [2.24, 2.45) is 0 Å². The molecule has 0 saturated heterocycles. The third kappa shape index (κ3) is 4.65. The second kappa shape index (κ2) is 6.37. The highest BCUT2D eigenvalue weighted by Gasteiger charge is 2.33. The van der Waals surface area contributed by atoms with Gasteiger partial charge in [0, 0.05) is 24.1 Å². The largest absolute Gasteiger partial charge is 0.416 e. The van der Waals surface area contributed by atoms with Gasteiger partial charge in [-0.3, -0.25) is 0 Å². The minimum absolute atomic E-state index is 0.212. The van der Waals surface area contributed by atoms with E-state index in [0.717, 1.165) is 12.6 Å². The van der Waals surface area contributed by atoms with Gasteiger partial charge in [0.25, 0.3) is 0 Å². The predicted molar refractivity (Wildman–Crippen MR) is 64.8 cm³/mol. The molecule has 1 aromatic carbocycles. The number of halogens is 4. The van der Waals surface area contributed by atoms with Crippen LogP contribution in [-0.2, 0) is 12.7 Å². The summed E-state index contributed by atoms with van der Waals surface area (Å²) < 4.78 is 38.7. The molecule has 2 N–H and O–H groups in total. The molecular formula is C11H14BrF3N2. The fourth-order valence-corrected chi connectivity index (χ4v) is 1.76. The highest BCUT2D eigenvalue weighted by atomic mass is 79.9. The van der Waals surface area contributed by atoms with Crippen molar-refractivity contribution in [3.8, 4) is 0 Å². The summed E-state index contributed by atoms with van der Waals surface area (Å²) in [5.74, 6) is 0. The molecule has 0 atom stereocenters. The zero-order valence-corrected chi connectivity index (χ0v) is 11.0. The Labute approximate surface area is 107 Å². The van der Waals surface area contributed by atoms with Crippen molar-refractivity contribution >= 4 is 15.9 Å². The Morgan fingerprint density at radius 2 is 1.94 bits per heavy atom. The van der Waals surface area contributed by atoms with Crippen molar-refractivity contribution in [3.63, 3.8) is 0 Å². The minimum Gasteiger partial charge on any atom is -0.318 e. The van der Waals surface area contributed by atoms with Crippen LogP contribution >= 0.6 is 15.9 Å². The lowest BCUT2D eigenvalue weighted by atomic mass is 10.1. The first-order valence-corrected chi connectivity index (χ1v) is 5.95. The van der Waals surface area contributed by atoms with Crippen LogP contribution in [0.25, 0.3) is 0 Å². The van der Waals surface area contributed by atoms with Crippen LogP contribution < -0.4 is 10.6 Å². The molecule has 96 valence electrons. The first-order chi connectivity index (χ1) is 7.95. The van der Waals surface area contributed by atoms with Gasteiger partial charge in [0.2, 0.25) is 0 Å². The smallest absolute Gasteiger partial charge is 0.318 e. The summed E-state index contributed by atoms with van der Waals surface area (Å²) in [6.07, 6.45) is -4.32. The van der Waals surface area contributed by atoms with Gasteiger partial charge in [-0.15, -0.1) is 0 Å². The van der Waals surface area contributed by atoms with Crippen LogP contribution in [0.3, 0.4) is 0 Å². The number of alkyl halides is 3. The predicted octanol–water partition coefficient (Wildman–Crippen LogP) is 2.78. The fourth-order valence-electron chi connectivity index (χ4n) is 1.40. The van der Waals surface area contributed by atoms with Crippen LogP contribution in [0.15, 0.2) is 22.7 Å². The number of rotatable bonds is 5. The third-order valence-corrected chi connectivity index (χ3v) is 2.74. The maximum Gasteiger partial charge on any atom is 0.416 e. The summed E-state index contributed by atoms with van der Waals surface area (Å²) in [4.78, 5) is 0. The van der Waals surface area contributed by atoms with Crippen molar-refractivity contribution in [1.82, 2.24) is 10.6 Å². The molecular weight excluding hydrogens is 297 g/mol. The van der Waals surface area contributed by atoms with Crippen LogP contribution in [-0.4, -0.2) is 20.1 Å². The Morgan fingerprint density at radius 1 is 1.24 bits per heavy atom. The SMILES string of the molecule is CNCCNCc1ccc(Br)cc1C(F)(F)F. The number of nitrogens with one attached hydrogen (secondary N) is 2. The molecule has 0 radical (unpaired) electrons. The first kappa shape index (κ1) is 14.5. The lowest BCUT2D eigenvalue weighted by Gasteiger charge is -2.14. The van der Waals surface area contributed by atoms with Gasteiger partial charge in [-0.2, -0.15) is 13.2 Å². The normalized spacial score (nSPS) is 11.8. The van der Waals surface area contributed by atoms with Crippen molar-refractivity contribution in [1.29, 1.82) is 0 Å². The van der Waals surface area contributed by atoms with Crippen LogP contribution in [0.1, 0.15) is 11.1 Å². The number of hydrogen-bond donors (Lipinski definition) is 2. The quantitative estimate of drug-likeness (QED) is 0.817. The van der Waals surface area contributed by atoms with E-state index in [0.29, 0.717) is 11.0 Å². The van der Waals surface area contributed by atoms with E-state index in [1.807, 2.05) is 0 Å². The second-order valence-corrected chi connectivity index (χ2v) is 4.50. The maximum atomic E-state index is 12.7. The molecule has 0 aromatic heterocycles. The van der Waals surface area contributed by atoms with Crippen molar-refractivity contribution in [2.75, 3.05) is 20.1 Å². The standard InChI is InChI=1S/C11H14BrF3N2/c1-16-4-5-17-7-8-2-3-9(12)6-10(8)11(13,14)15/h2-3,6,16-17H,4-5,7H2,1H3. The van der Waals surface area contributed by atoms with E-state index in [-0.39, 0.29) is 12.1 Å². The molecule has 0 saturated carbocycles. The van der Waals surface area contributed by atoms with Crippen LogP contribution in [0.2, 0.25) is 0 Å². The monoisotopic (exact) mass is 310 g/mol.